The van der Waals surface area contributed by atoms with Crippen LogP contribution in [0, 0.1) is 0 Å². The zero-order valence-corrected chi connectivity index (χ0v) is 11.6. The van der Waals surface area contributed by atoms with Crippen LogP contribution in [0.3, 0.4) is 0 Å². The van der Waals surface area contributed by atoms with Crippen molar-refractivity contribution in [3.63, 3.8) is 0 Å². The summed E-state index contributed by atoms with van der Waals surface area (Å²) in [5.41, 5.74) is 0. The summed E-state index contributed by atoms with van der Waals surface area (Å²) in [6.45, 7) is 8.24. The van der Waals surface area contributed by atoms with Gasteiger partial charge in [-0.3, -0.25) is 0 Å². The molecule has 96 valence electrons. The molecule has 1 aliphatic heterocycles. The van der Waals surface area contributed by atoms with Gasteiger partial charge >= 0.3 is 0 Å². The van der Waals surface area contributed by atoms with Crippen LogP contribution in [-0.2, 0) is 0 Å². The molecule has 0 amide bonds. The van der Waals surface area contributed by atoms with Crippen LogP contribution in [0.25, 0.3) is 0 Å². The van der Waals surface area contributed by atoms with Gasteiger partial charge in [0, 0.05) is 18.1 Å². The molecule has 0 bridgehead atoms. The van der Waals surface area contributed by atoms with Crippen molar-refractivity contribution in [2.75, 3.05) is 13.6 Å². The molecule has 0 spiro atoms. The van der Waals surface area contributed by atoms with E-state index < -0.39 is 0 Å². The second-order valence-electron chi connectivity index (χ2n) is 5.53. The summed E-state index contributed by atoms with van der Waals surface area (Å²) in [6.07, 6.45) is 8.08. The highest BCUT2D eigenvalue weighted by molar-refractivity contribution is 4.79. The summed E-state index contributed by atoms with van der Waals surface area (Å²) in [6, 6.07) is 2.20. The van der Waals surface area contributed by atoms with Crippen LogP contribution in [0.2, 0.25) is 0 Å². The van der Waals surface area contributed by atoms with E-state index in [1.807, 2.05) is 0 Å². The van der Waals surface area contributed by atoms with E-state index in [9.17, 15) is 0 Å². The quantitative estimate of drug-likeness (QED) is 0.749. The highest BCUT2D eigenvalue weighted by Crippen LogP contribution is 2.17. The second-order valence-corrected chi connectivity index (χ2v) is 5.53. The third-order valence-electron chi connectivity index (χ3n) is 4.13. The molecule has 1 heterocycles. The molecule has 1 rings (SSSR count). The molecule has 0 aromatic rings. The lowest BCUT2D eigenvalue weighted by Gasteiger charge is -2.34. The lowest BCUT2D eigenvalue weighted by Crippen LogP contribution is -2.43. The molecule has 0 aromatic carbocycles. The van der Waals surface area contributed by atoms with Crippen molar-refractivity contribution in [3.05, 3.63) is 0 Å². The number of piperidine rings is 1. The fourth-order valence-electron chi connectivity index (χ4n) is 2.76. The largest absolute Gasteiger partial charge is 0.314 e. The van der Waals surface area contributed by atoms with Gasteiger partial charge in [0.2, 0.25) is 0 Å². The molecule has 0 aromatic heterocycles. The molecule has 2 nitrogen and oxygen atoms in total. The molecule has 3 atom stereocenters. The first-order valence-corrected chi connectivity index (χ1v) is 7.10. The normalized spacial score (nSPS) is 25.7. The predicted molar refractivity (Wildman–Crippen MR) is 71.9 cm³/mol. The summed E-state index contributed by atoms with van der Waals surface area (Å²) >= 11 is 0. The molecule has 0 aliphatic carbocycles. The molecule has 1 fully saturated rings. The molecule has 0 saturated carbocycles. The van der Waals surface area contributed by atoms with Gasteiger partial charge in [0.15, 0.2) is 0 Å². The van der Waals surface area contributed by atoms with E-state index in [0.29, 0.717) is 6.04 Å². The van der Waals surface area contributed by atoms with Crippen LogP contribution in [-0.4, -0.2) is 36.6 Å². The van der Waals surface area contributed by atoms with Crippen molar-refractivity contribution in [3.8, 4) is 0 Å². The minimum atomic E-state index is 0.706. The first-order valence-electron chi connectivity index (χ1n) is 7.10. The minimum absolute atomic E-state index is 0.706. The summed E-state index contributed by atoms with van der Waals surface area (Å²) in [7, 11) is 2.29. The highest BCUT2D eigenvalue weighted by Gasteiger charge is 2.20. The Balaban J connectivity index is 2.29. The summed E-state index contributed by atoms with van der Waals surface area (Å²) in [4.78, 5) is 2.56. The number of nitrogens with zero attached hydrogens (tertiary/aromatic N) is 1. The maximum atomic E-state index is 3.65. The summed E-state index contributed by atoms with van der Waals surface area (Å²) in [5.74, 6) is 0. The molecule has 2 heteroatoms. The highest BCUT2D eigenvalue weighted by atomic mass is 15.2. The van der Waals surface area contributed by atoms with Crippen LogP contribution >= 0.6 is 0 Å². The zero-order valence-electron chi connectivity index (χ0n) is 11.6. The fraction of sp³-hybridized carbons (Fsp3) is 1.00. The summed E-state index contributed by atoms with van der Waals surface area (Å²) < 4.78 is 0. The van der Waals surface area contributed by atoms with Crippen molar-refractivity contribution in [1.29, 1.82) is 0 Å². The van der Waals surface area contributed by atoms with Gasteiger partial charge in [-0.15, -0.1) is 0 Å². The van der Waals surface area contributed by atoms with Gasteiger partial charge in [-0.25, -0.2) is 0 Å². The van der Waals surface area contributed by atoms with Crippen molar-refractivity contribution < 1.29 is 0 Å². The summed E-state index contributed by atoms with van der Waals surface area (Å²) in [5, 5.41) is 3.65. The van der Waals surface area contributed by atoms with Crippen LogP contribution in [0.1, 0.15) is 59.3 Å². The Morgan fingerprint density at radius 2 is 2.00 bits per heavy atom. The number of hydrogen-bond acceptors (Lipinski definition) is 2. The number of nitrogens with one attached hydrogen (secondary N) is 1. The smallest absolute Gasteiger partial charge is 0.00818 e. The molecule has 1 saturated heterocycles. The first-order chi connectivity index (χ1) is 7.65. The Kier molecular flexibility index (Phi) is 6.37. The van der Waals surface area contributed by atoms with E-state index in [-0.39, 0.29) is 0 Å². The lowest BCUT2D eigenvalue weighted by molar-refractivity contribution is 0.162. The van der Waals surface area contributed by atoms with E-state index >= 15 is 0 Å². The average molecular weight is 226 g/mol. The first kappa shape index (κ1) is 14.0. The Bertz CT molecular complexity index is 176. The van der Waals surface area contributed by atoms with Crippen LogP contribution in [0.4, 0.5) is 0 Å². The Labute approximate surface area is 102 Å². The molecule has 0 radical (unpaired) electrons. The lowest BCUT2D eigenvalue weighted by atomic mass is 9.97. The Hall–Kier alpha value is -0.0800. The fourth-order valence-corrected chi connectivity index (χ4v) is 2.76. The van der Waals surface area contributed by atoms with E-state index in [1.165, 1.54) is 45.1 Å². The van der Waals surface area contributed by atoms with Gasteiger partial charge in [-0.05, 0) is 53.1 Å². The Morgan fingerprint density at radius 3 is 2.56 bits per heavy atom. The zero-order chi connectivity index (χ0) is 12.0. The van der Waals surface area contributed by atoms with Crippen LogP contribution in [0.15, 0.2) is 0 Å². The van der Waals surface area contributed by atoms with E-state index in [2.05, 4.69) is 38.0 Å². The Morgan fingerprint density at radius 1 is 1.25 bits per heavy atom. The topological polar surface area (TPSA) is 15.3 Å². The van der Waals surface area contributed by atoms with E-state index in [4.69, 9.17) is 0 Å². The van der Waals surface area contributed by atoms with E-state index in [0.717, 1.165) is 12.1 Å². The number of hydrogen-bond donors (Lipinski definition) is 1. The SMILES string of the molecule is CCCC(C)N(C)C(C)CC1CCCCN1. The molecular formula is C14H30N2. The van der Waals surface area contributed by atoms with Crippen LogP contribution < -0.4 is 5.32 Å². The third-order valence-corrected chi connectivity index (χ3v) is 4.13. The molecule has 1 N–H and O–H groups in total. The average Bonchev–Trinajstić information content (AvgIpc) is 2.29. The van der Waals surface area contributed by atoms with Gasteiger partial charge in [-0.1, -0.05) is 19.8 Å². The van der Waals surface area contributed by atoms with Gasteiger partial charge in [0.1, 0.15) is 0 Å². The van der Waals surface area contributed by atoms with Gasteiger partial charge < -0.3 is 10.2 Å². The predicted octanol–water partition coefficient (Wildman–Crippen LogP) is 3.03. The minimum Gasteiger partial charge on any atom is -0.314 e. The van der Waals surface area contributed by atoms with E-state index in [1.54, 1.807) is 0 Å². The molecule has 3 unspecified atom stereocenters. The maximum Gasteiger partial charge on any atom is 0.00818 e. The van der Waals surface area contributed by atoms with Gasteiger partial charge in [0.05, 0.1) is 0 Å². The number of rotatable bonds is 6. The van der Waals surface area contributed by atoms with Gasteiger partial charge in [0.25, 0.3) is 0 Å². The molecule has 1 aliphatic rings. The molecule has 16 heavy (non-hydrogen) atoms. The van der Waals surface area contributed by atoms with Crippen molar-refractivity contribution in [2.24, 2.45) is 0 Å². The van der Waals surface area contributed by atoms with Crippen LogP contribution in [0.5, 0.6) is 0 Å². The maximum absolute atomic E-state index is 3.65. The molecular weight excluding hydrogens is 196 g/mol. The van der Waals surface area contributed by atoms with Crippen molar-refractivity contribution in [1.82, 2.24) is 10.2 Å². The van der Waals surface area contributed by atoms with Crippen molar-refractivity contribution >= 4 is 0 Å². The third kappa shape index (κ3) is 4.42. The van der Waals surface area contributed by atoms with Gasteiger partial charge in [-0.2, -0.15) is 0 Å². The monoisotopic (exact) mass is 226 g/mol. The van der Waals surface area contributed by atoms with Crippen molar-refractivity contribution in [2.45, 2.75) is 77.4 Å². The standard InChI is InChI=1S/C14H30N2/c1-5-8-12(2)16(4)13(3)11-14-9-6-7-10-15-14/h12-15H,5-11H2,1-4H3. The second kappa shape index (κ2) is 7.29.